The summed E-state index contributed by atoms with van der Waals surface area (Å²) >= 11 is 5.96. The minimum atomic E-state index is -0.796. The highest BCUT2D eigenvalue weighted by Crippen LogP contribution is 2.40. The molecule has 4 rings (SSSR count). The molecule has 0 radical (unpaired) electrons. The number of hydrogen-bond donors (Lipinski definition) is 1. The van der Waals surface area contributed by atoms with Crippen LogP contribution in [0.3, 0.4) is 0 Å². The maximum Gasteiger partial charge on any atom is 0.295 e. The lowest BCUT2D eigenvalue weighted by molar-refractivity contribution is -0.140. The number of aliphatic hydroxyl groups is 1. The number of ketones is 1. The molecule has 0 unspecified atom stereocenters. The summed E-state index contributed by atoms with van der Waals surface area (Å²) in [4.78, 5) is 27.3. The van der Waals surface area contributed by atoms with Crippen LogP contribution in [0.5, 0.6) is 11.5 Å². The van der Waals surface area contributed by atoms with E-state index in [9.17, 15) is 14.7 Å². The molecule has 0 aliphatic carbocycles. The number of likely N-dealkylation sites (tertiary alicyclic amines) is 1. The fraction of sp³-hybridized carbons (Fsp3) is 0.154. The number of carbonyl (C=O) groups excluding carboxylic acids is 2. The molecule has 33 heavy (non-hydrogen) atoms. The normalized spacial score (nSPS) is 17.4. The second-order valence-corrected chi connectivity index (χ2v) is 7.92. The average molecular weight is 464 g/mol. The first kappa shape index (κ1) is 22.6. The van der Waals surface area contributed by atoms with Crippen LogP contribution < -0.4 is 4.74 Å². The molecule has 1 saturated heterocycles. The molecule has 7 heteroatoms. The van der Waals surface area contributed by atoms with E-state index >= 15 is 0 Å². The second-order valence-electron chi connectivity index (χ2n) is 7.48. The SMILES string of the molecule is COCCN1C(=O)C(=O)C(=C(O)c2ccc(Cl)cc2)[C@H]1c1cccc(Oc2ccccc2)c1. The van der Waals surface area contributed by atoms with Gasteiger partial charge >= 0.3 is 0 Å². The number of ether oxygens (including phenoxy) is 2. The van der Waals surface area contributed by atoms with Crippen LogP contribution >= 0.6 is 11.6 Å². The molecule has 1 N–H and O–H groups in total. The molecule has 1 heterocycles. The zero-order valence-corrected chi connectivity index (χ0v) is 18.7. The van der Waals surface area contributed by atoms with Gasteiger partial charge in [-0.25, -0.2) is 0 Å². The maximum absolute atomic E-state index is 13.0. The number of amides is 1. The molecule has 1 amide bonds. The van der Waals surface area contributed by atoms with Crippen molar-refractivity contribution in [2.75, 3.05) is 20.3 Å². The first-order valence-electron chi connectivity index (χ1n) is 10.4. The van der Waals surface area contributed by atoms with Gasteiger partial charge in [0.05, 0.1) is 18.2 Å². The summed E-state index contributed by atoms with van der Waals surface area (Å²) in [7, 11) is 1.52. The molecular formula is C26H22ClNO5. The monoisotopic (exact) mass is 463 g/mol. The van der Waals surface area contributed by atoms with Crippen LogP contribution in [0, 0.1) is 0 Å². The zero-order valence-electron chi connectivity index (χ0n) is 17.9. The highest BCUT2D eigenvalue weighted by molar-refractivity contribution is 6.46. The molecule has 0 aromatic heterocycles. The Morgan fingerprint density at radius 3 is 2.36 bits per heavy atom. The summed E-state index contributed by atoms with van der Waals surface area (Å²) in [5, 5.41) is 11.5. The number of nitrogens with zero attached hydrogens (tertiary/aromatic N) is 1. The fourth-order valence-corrected chi connectivity index (χ4v) is 3.91. The van der Waals surface area contributed by atoms with Crippen LogP contribution in [-0.2, 0) is 14.3 Å². The summed E-state index contributed by atoms with van der Waals surface area (Å²) in [6, 6.07) is 22.1. The third-order valence-electron chi connectivity index (χ3n) is 5.35. The predicted molar refractivity (Wildman–Crippen MR) is 125 cm³/mol. The standard InChI is InChI=1S/C26H22ClNO5/c1-32-15-14-28-23(18-6-5-9-21(16-18)33-20-7-3-2-4-8-20)22(25(30)26(28)31)24(29)17-10-12-19(27)13-11-17/h2-13,16,23,29H,14-15H2,1H3/t23-/m1/s1. The smallest absolute Gasteiger partial charge is 0.295 e. The molecule has 0 spiro atoms. The number of methoxy groups -OCH3 is 1. The molecule has 1 aliphatic heterocycles. The second kappa shape index (κ2) is 9.90. The van der Waals surface area contributed by atoms with Gasteiger partial charge in [-0.2, -0.15) is 0 Å². The fourth-order valence-electron chi connectivity index (χ4n) is 3.78. The van der Waals surface area contributed by atoms with Gasteiger partial charge in [0.25, 0.3) is 11.7 Å². The minimum absolute atomic E-state index is 0.00952. The number of para-hydroxylation sites is 1. The Balaban J connectivity index is 1.79. The largest absolute Gasteiger partial charge is 0.507 e. The lowest BCUT2D eigenvalue weighted by Gasteiger charge is -2.25. The summed E-state index contributed by atoms with van der Waals surface area (Å²) in [6.07, 6.45) is 0. The molecule has 3 aromatic carbocycles. The first-order valence-corrected chi connectivity index (χ1v) is 10.7. The highest BCUT2D eigenvalue weighted by atomic mass is 35.5. The summed E-state index contributed by atoms with van der Waals surface area (Å²) in [5.74, 6) is -0.504. The van der Waals surface area contributed by atoms with Crippen LogP contribution in [0.4, 0.5) is 0 Å². The van der Waals surface area contributed by atoms with Crippen LogP contribution in [-0.4, -0.2) is 42.0 Å². The molecule has 6 nitrogen and oxygen atoms in total. The van der Waals surface area contributed by atoms with Crippen molar-refractivity contribution in [1.29, 1.82) is 0 Å². The number of hydrogen-bond acceptors (Lipinski definition) is 5. The van der Waals surface area contributed by atoms with E-state index in [1.54, 1.807) is 48.5 Å². The Bertz CT molecular complexity index is 1190. The Hall–Kier alpha value is -3.61. The van der Waals surface area contributed by atoms with Crippen molar-refractivity contribution >= 4 is 29.1 Å². The van der Waals surface area contributed by atoms with E-state index < -0.39 is 17.7 Å². The predicted octanol–water partition coefficient (Wildman–Crippen LogP) is 5.20. The van der Waals surface area contributed by atoms with E-state index in [0.717, 1.165) is 0 Å². The van der Waals surface area contributed by atoms with Gasteiger partial charge in [0.2, 0.25) is 0 Å². The van der Waals surface area contributed by atoms with Gasteiger partial charge in [0, 0.05) is 24.2 Å². The van der Waals surface area contributed by atoms with Gasteiger partial charge in [-0.05, 0) is 54.1 Å². The molecule has 0 bridgehead atoms. The lowest BCUT2D eigenvalue weighted by atomic mass is 9.95. The summed E-state index contributed by atoms with van der Waals surface area (Å²) < 4.78 is 11.1. The average Bonchev–Trinajstić information content (AvgIpc) is 3.08. The van der Waals surface area contributed by atoms with E-state index in [2.05, 4.69) is 0 Å². The molecule has 1 atom stereocenters. The van der Waals surface area contributed by atoms with Crippen molar-refractivity contribution in [3.8, 4) is 11.5 Å². The van der Waals surface area contributed by atoms with Gasteiger partial charge in [0.15, 0.2) is 0 Å². The van der Waals surface area contributed by atoms with Crippen molar-refractivity contribution in [3.05, 3.63) is 101 Å². The third kappa shape index (κ3) is 4.77. The van der Waals surface area contributed by atoms with Crippen LogP contribution in [0.25, 0.3) is 5.76 Å². The Labute approximate surface area is 196 Å². The van der Waals surface area contributed by atoms with Gasteiger partial charge in [0.1, 0.15) is 17.3 Å². The number of carbonyl (C=O) groups is 2. The summed E-state index contributed by atoms with van der Waals surface area (Å²) in [5.41, 5.74) is 1.04. The van der Waals surface area contributed by atoms with Crippen molar-refractivity contribution < 1.29 is 24.2 Å². The van der Waals surface area contributed by atoms with E-state index in [4.69, 9.17) is 21.1 Å². The summed E-state index contributed by atoms with van der Waals surface area (Å²) in [6.45, 7) is 0.428. The van der Waals surface area contributed by atoms with Gasteiger partial charge < -0.3 is 19.5 Å². The highest BCUT2D eigenvalue weighted by Gasteiger charge is 2.46. The molecule has 0 saturated carbocycles. The van der Waals surface area contributed by atoms with Gasteiger partial charge in [-0.3, -0.25) is 9.59 Å². The Morgan fingerprint density at radius 2 is 1.67 bits per heavy atom. The van der Waals surface area contributed by atoms with Gasteiger partial charge in [-0.1, -0.05) is 41.9 Å². The topological polar surface area (TPSA) is 76.1 Å². The maximum atomic E-state index is 13.0. The molecule has 3 aromatic rings. The zero-order chi connectivity index (χ0) is 23.4. The number of aliphatic hydroxyl groups excluding tert-OH is 1. The van der Waals surface area contributed by atoms with Gasteiger partial charge in [-0.15, -0.1) is 0 Å². The molecule has 1 fully saturated rings. The van der Waals surface area contributed by atoms with Crippen molar-refractivity contribution in [2.45, 2.75) is 6.04 Å². The van der Waals surface area contributed by atoms with Crippen LogP contribution in [0.15, 0.2) is 84.4 Å². The first-order chi connectivity index (χ1) is 16.0. The van der Waals surface area contributed by atoms with Crippen molar-refractivity contribution in [1.82, 2.24) is 4.90 Å². The van der Waals surface area contributed by atoms with Crippen LogP contribution in [0.1, 0.15) is 17.2 Å². The van der Waals surface area contributed by atoms with E-state index in [0.29, 0.717) is 27.6 Å². The molecule has 168 valence electrons. The Morgan fingerprint density at radius 1 is 0.970 bits per heavy atom. The van der Waals surface area contributed by atoms with E-state index in [1.165, 1.54) is 12.0 Å². The van der Waals surface area contributed by atoms with E-state index in [-0.39, 0.29) is 24.5 Å². The lowest BCUT2D eigenvalue weighted by Crippen LogP contribution is -2.32. The number of halogens is 1. The van der Waals surface area contributed by atoms with E-state index in [1.807, 2.05) is 30.3 Å². The van der Waals surface area contributed by atoms with Crippen molar-refractivity contribution in [3.63, 3.8) is 0 Å². The van der Waals surface area contributed by atoms with Crippen LogP contribution in [0.2, 0.25) is 5.02 Å². The number of Topliss-reactive ketones (excluding diaryl/α,β-unsaturated/α-hetero) is 1. The minimum Gasteiger partial charge on any atom is -0.507 e. The van der Waals surface area contributed by atoms with Crippen molar-refractivity contribution in [2.24, 2.45) is 0 Å². The quantitative estimate of drug-likeness (QED) is 0.296. The number of benzene rings is 3. The molecule has 1 aliphatic rings. The Kier molecular flexibility index (Phi) is 6.77. The third-order valence-corrected chi connectivity index (χ3v) is 5.60. The molecular weight excluding hydrogens is 442 g/mol. The number of rotatable bonds is 7.